The lowest BCUT2D eigenvalue weighted by Crippen LogP contribution is -2.29. The lowest BCUT2D eigenvalue weighted by Gasteiger charge is -2.16. The number of rotatable bonds is 6. The van der Waals surface area contributed by atoms with E-state index >= 15 is 0 Å². The van der Waals surface area contributed by atoms with Gasteiger partial charge in [0.25, 0.3) is 5.91 Å². The van der Waals surface area contributed by atoms with Gasteiger partial charge in [-0.2, -0.15) is 0 Å². The van der Waals surface area contributed by atoms with Gasteiger partial charge in [0.05, 0.1) is 0 Å². The zero-order chi connectivity index (χ0) is 18.4. The van der Waals surface area contributed by atoms with E-state index in [-0.39, 0.29) is 5.91 Å². The number of nitrogens with one attached hydrogen (secondary N) is 1. The molecule has 0 atom stereocenters. The largest absolute Gasteiger partial charge is 0.340 e. The van der Waals surface area contributed by atoms with E-state index < -0.39 is 0 Å². The Kier molecular flexibility index (Phi) is 5.76. The predicted octanol–water partition coefficient (Wildman–Crippen LogP) is 3.58. The molecule has 0 spiro atoms. The Bertz CT molecular complexity index is 853. The summed E-state index contributed by atoms with van der Waals surface area (Å²) in [6, 6.07) is 14.5. The molecule has 0 saturated heterocycles. The van der Waals surface area contributed by atoms with E-state index in [4.69, 9.17) is 11.6 Å². The highest BCUT2D eigenvalue weighted by Crippen LogP contribution is 2.17. The molecule has 0 radical (unpaired) electrons. The molecule has 7 heteroatoms. The van der Waals surface area contributed by atoms with Gasteiger partial charge in [-0.3, -0.25) is 9.78 Å². The van der Waals surface area contributed by atoms with Crippen LogP contribution in [0.4, 0.5) is 11.5 Å². The van der Waals surface area contributed by atoms with E-state index in [1.54, 1.807) is 48.6 Å². The summed E-state index contributed by atoms with van der Waals surface area (Å²) in [5.74, 6) is 0.396. The van der Waals surface area contributed by atoms with E-state index in [9.17, 15) is 4.79 Å². The Morgan fingerprint density at radius 3 is 2.42 bits per heavy atom. The molecule has 1 N–H and O–H groups in total. The topological polar surface area (TPSA) is 71.0 Å². The summed E-state index contributed by atoms with van der Waals surface area (Å²) in [5, 5.41) is 11.9. The first kappa shape index (κ1) is 17.8. The Hall–Kier alpha value is -2.99. The number of benzene rings is 1. The summed E-state index contributed by atoms with van der Waals surface area (Å²) in [4.78, 5) is 18.1. The minimum atomic E-state index is -0.162. The van der Waals surface area contributed by atoms with Gasteiger partial charge in [-0.05, 0) is 60.5 Å². The number of amides is 1. The average Bonchev–Trinajstić information content (AvgIpc) is 2.69. The maximum absolute atomic E-state index is 12.4. The number of hydrogen-bond acceptors (Lipinski definition) is 5. The van der Waals surface area contributed by atoms with Crippen LogP contribution in [0.5, 0.6) is 0 Å². The van der Waals surface area contributed by atoms with Gasteiger partial charge in [0.15, 0.2) is 11.5 Å². The SMILES string of the molecule is CN(CCc1ccncc1)C(=O)c1ccc(Nc2ccc(Cl)cc2)nn1. The van der Waals surface area contributed by atoms with Crippen molar-refractivity contribution in [3.05, 3.63) is 77.2 Å². The van der Waals surface area contributed by atoms with Gasteiger partial charge in [-0.15, -0.1) is 10.2 Å². The molecule has 2 heterocycles. The van der Waals surface area contributed by atoms with E-state index in [1.807, 2.05) is 24.3 Å². The fourth-order valence-corrected chi connectivity index (χ4v) is 2.46. The number of hydrogen-bond donors (Lipinski definition) is 1. The summed E-state index contributed by atoms with van der Waals surface area (Å²) in [7, 11) is 1.76. The summed E-state index contributed by atoms with van der Waals surface area (Å²) in [6.07, 6.45) is 4.25. The molecular formula is C19H18ClN5O. The number of likely N-dealkylation sites (N-methyl/N-ethyl adjacent to an activating group) is 1. The first-order valence-electron chi connectivity index (χ1n) is 8.12. The monoisotopic (exact) mass is 367 g/mol. The summed E-state index contributed by atoms with van der Waals surface area (Å²) in [5.41, 5.74) is 2.29. The van der Waals surface area contributed by atoms with Gasteiger partial charge in [-0.25, -0.2) is 0 Å². The Labute approximate surface area is 156 Å². The molecule has 3 aromatic rings. The minimum absolute atomic E-state index is 0.162. The number of halogens is 1. The molecule has 1 amide bonds. The number of nitrogens with zero attached hydrogens (tertiary/aromatic N) is 4. The lowest BCUT2D eigenvalue weighted by atomic mass is 10.2. The fraction of sp³-hybridized carbons (Fsp3) is 0.158. The van der Waals surface area contributed by atoms with Crippen LogP contribution in [0.15, 0.2) is 60.9 Å². The summed E-state index contributed by atoms with van der Waals surface area (Å²) in [6.45, 7) is 0.593. The van der Waals surface area contributed by atoms with Crippen LogP contribution in [0.25, 0.3) is 0 Å². The van der Waals surface area contributed by atoms with E-state index in [1.165, 1.54) is 0 Å². The molecule has 0 aliphatic heterocycles. The van der Waals surface area contributed by atoms with Crippen LogP contribution in [-0.4, -0.2) is 39.6 Å². The van der Waals surface area contributed by atoms with Crippen molar-refractivity contribution in [1.29, 1.82) is 0 Å². The molecule has 6 nitrogen and oxygen atoms in total. The van der Waals surface area contributed by atoms with Crippen LogP contribution in [-0.2, 0) is 6.42 Å². The first-order valence-corrected chi connectivity index (χ1v) is 8.50. The molecule has 2 aromatic heterocycles. The van der Waals surface area contributed by atoms with Crippen molar-refractivity contribution in [2.45, 2.75) is 6.42 Å². The smallest absolute Gasteiger partial charge is 0.274 e. The number of carbonyl (C=O) groups is 1. The van der Waals surface area contributed by atoms with Crippen molar-refractivity contribution in [2.75, 3.05) is 18.9 Å². The van der Waals surface area contributed by atoms with E-state index in [0.717, 1.165) is 17.7 Å². The summed E-state index contributed by atoms with van der Waals surface area (Å²) < 4.78 is 0. The van der Waals surface area contributed by atoms with Gasteiger partial charge in [0.2, 0.25) is 0 Å². The van der Waals surface area contributed by atoms with Gasteiger partial charge < -0.3 is 10.2 Å². The molecular weight excluding hydrogens is 350 g/mol. The molecule has 0 aliphatic rings. The molecule has 3 rings (SSSR count). The number of pyridine rings is 1. The van der Waals surface area contributed by atoms with Gasteiger partial charge in [0, 0.05) is 36.7 Å². The van der Waals surface area contributed by atoms with Crippen LogP contribution in [0, 0.1) is 0 Å². The van der Waals surface area contributed by atoms with Crippen LogP contribution in [0.2, 0.25) is 5.02 Å². The second-order valence-corrected chi connectivity index (χ2v) is 6.20. The van der Waals surface area contributed by atoms with Crippen molar-refractivity contribution < 1.29 is 4.79 Å². The minimum Gasteiger partial charge on any atom is -0.340 e. The maximum atomic E-state index is 12.4. The Morgan fingerprint density at radius 1 is 1.04 bits per heavy atom. The van der Waals surface area contributed by atoms with Crippen LogP contribution >= 0.6 is 11.6 Å². The van der Waals surface area contributed by atoms with Crippen LogP contribution < -0.4 is 5.32 Å². The van der Waals surface area contributed by atoms with Gasteiger partial charge in [-0.1, -0.05) is 11.6 Å². The third-order valence-corrected chi connectivity index (χ3v) is 4.08. The standard InChI is InChI=1S/C19H18ClN5O/c1-25(13-10-14-8-11-21-12-9-14)19(26)17-6-7-18(24-23-17)22-16-4-2-15(20)3-5-16/h2-9,11-12H,10,13H2,1H3,(H,22,24). The van der Waals surface area contributed by atoms with Crippen LogP contribution in [0.1, 0.15) is 16.1 Å². The second kappa shape index (κ2) is 8.40. The van der Waals surface area contributed by atoms with E-state index in [2.05, 4.69) is 20.5 Å². The molecule has 0 saturated carbocycles. The predicted molar refractivity (Wildman–Crippen MR) is 102 cm³/mol. The molecule has 132 valence electrons. The molecule has 1 aromatic carbocycles. The highest BCUT2D eigenvalue weighted by Gasteiger charge is 2.13. The van der Waals surface area contributed by atoms with Gasteiger partial charge in [0.1, 0.15) is 0 Å². The van der Waals surface area contributed by atoms with Crippen molar-refractivity contribution in [2.24, 2.45) is 0 Å². The number of anilines is 2. The van der Waals surface area contributed by atoms with Crippen molar-refractivity contribution in [3.63, 3.8) is 0 Å². The zero-order valence-corrected chi connectivity index (χ0v) is 15.0. The molecule has 0 unspecified atom stereocenters. The number of carbonyl (C=O) groups excluding carboxylic acids is 1. The van der Waals surface area contributed by atoms with Crippen LogP contribution in [0.3, 0.4) is 0 Å². The lowest BCUT2D eigenvalue weighted by molar-refractivity contribution is 0.0789. The van der Waals surface area contributed by atoms with Gasteiger partial charge >= 0.3 is 0 Å². The average molecular weight is 368 g/mol. The zero-order valence-electron chi connectivity index (χ0n) is 14.3. The maximum Gasteiger partial charge on any atom is 0.274 e. The van der Waals surface area contributed by atoms with E-state index in [0.29, 0.717) is 23.1 Å². The second-order valence-electron chi connectivity index (χ2n) is 5.77. The molecule has 26 heavy (non-hydrogen) atoms. The third-order valence-electron chi connectivity index (χ3n) is 3.83. The fourth-order valence-electron chi connectivity index (χ4n) is 2.34. The van der Waals surface area contributed by atoms with Crippen molar-refractivity contribution in [1.82, 2.24) is 20.1 Å². The Balaban J connectivity index is 1.58. The quantitative estimate of drug-likeness (QED) is 0.721. The highest BCUT2D eigenvalue weighted by atomic mass is 35.5. The highest BCUT2D eigenvalue weighted by molar-refractivity contribution is 6.30. The van der Waals surface area contributed by atoms with Crippen molar-refractivity contribution in [3.8, 4) is 0 Å². The molecule has 0 bridgehead atoms. The van der Waals surface area contributed by atoms with Crippen molar-refractivity contribution >= 4 is 29.0 Å². The summed E-state index contributed by atoms with van der Waals surface area (Å²) >= 11 is 5.86. The Morgan fingerprint density at radius 2 is 1.77 bits per heavy atom. The normalized spacial score (nSPS) is 10.4. The molecule has 0 aliphatic carbocycles. The first-order chi connectivity index (χ1) is 12.6. The number of aromatic nitrogens is 3. The third kappa shape index (κ3) is 4.77. The molecule has 0 fully saturated rings.